The van der Waals surface area contributed by atoms with Gasteiger partial charge >= 0.3 is 0 Å². The second-order valence-corrected chi connectivity index (χ2v) is 5.23. The van der Waals surface area contributed by atoms with E-state index < -0.39 is 5.82 Å². The Morgan fingerprint density at radius 1 is 1.17 bits per heavy atom. The van der Waals surface area contributed by atoms with E-state index in [0.717, 1.165) is 23.4 Å². The fraction of sp³-hybridized carbons (Fsp3) is 0.176. The Morgan fingerprint density at radius 3 is 2.67 bits per heavy atom. The molecule has 0 aliphatic carbocycles. The van der Waals surface area contributed by atoms with Crippen molar-refractivity contribution in [2.45, 2.75) is 6.42 Å². The van der Waals surface area contributed by atoms with Crippen LogP contribution in [-0.4, -0.2) is 32.2 Å². The van der Waals surface area contributed by atoms with E-state index in [2.05, 4.69) is 20.5 Å². The summed E-state index contributed by atoms with van der Waals surface area (Å²) in [5, 5.41) is 11.1. The lowest BCUT2D eigenvalue weighted by Gasteiger charge is -2.06. The van der Waals surface area contributed by atoms with Gasteiger partial charge in [-0.2, -0.15) is 0 Å². The summed E-state index contributed by atoms with van der Waals surface area (Å²) in [7, 11) is 1.89. The normalized spacial score (nSPS) is 10.6. The van der Waals surface area contributed by atoms with Crippen molar-refractivity contribution >= 4 is 5.91 Å². The lowest BCUT2D eigenvalue weighted by molar-refractivity contribution is 0.0949. The molecule has 0 unspecified atom stereocenters. The molecular formula is C17H16FN5O. The number of hydrogen-bond donors (Lipinski definition) is 1. The summed E-state index contributed by atoms with van der Waals surface area (Å²) in [6, 6.07) is 12.3. The van der Waals surface area contributed by atoms with E-state index in [0.29, 0.717) is 13.0 Å². The van der Waals surface area contributed by atoms with Crippen LogP contribution in [0.1, 0.15) is 16.3 Å². The third-order valence-corrected chi connectivity index (χ3v) is 3.59. The van der Waals surface area contributed by atoms with Crippen molar-refractivity contribution in [3.63, 3.8) is 0 Å². The molecule has 0 saturated carbocycles. The maximum absolute atomic E-state index is 12.8. The van der Waals surface area contributed by atoms with Crippen LogP contribution in [0.2, 0.25) is 0 Å². The van der Waals surface area contributed by atoms with Gasteiger partial charge in [0.1, 0.15) is 17.3 Å². The maximum atomic E-state index is 12.8. The SMILES string of the molecule is Cn1c(CCNC(=O)c2ccc(F)cn2)nnc1-c1ccccc1. The summed E-state index contributed by atoms with van der Waals surface area (Å²) < 4.78 is 14.7. The highest BCUT2D eigenvalue weighted by Crippen LogP contribution is 2.16. The number of benzene rings is 1. The number of carbonyl (C=O) groups is 1. The molecule has 1 aromatic carbocycles. The minimum Gasteiger partial charge on any atom is -0.350 e. The Morgan fingerprint density at radius 2 is 1.96 bits per heavy atom. The summed E-state index contributed by atoms with van der Waals surface area (Å²) in [5.74, 6) is 0.720. The topological polar surface area (TPSA) is 72.7 Å². The van der Waals surface area contributed by atoms with E-state index in [1.807, 2.05) is 41.9 Å². The molecular weight excluding hydrogens is 309 g/mol. The van der Waals surface area contributed by atoms with Gasteiger partial charge < -0.3 is 9.88 Å². The summed E-state index contributed by atoms with van der Waals surface area (Å²) >= 11 is 0. The van der Waals surface area contributed by atoms with Crippen LogP contribution in [0.15, 0.2) is 48.7 Å². The van der Waals surface area contributed by atoms with Crippen LogP contribution in [0.5, 0.6) is 0 Å². The van der Waals surface area contributed by atoms with Gasteiger partial charge in [-0.15, -0.1) is 10.2 Å². The number of nitrogens with one attached hydrogen (secondary N) is 1. The third-order valence-electron chi connectivity index (χ3n) is 3.59. The molecule has 24 heavy (non-hydrogen) atoms. The predicted octanol–water partition coefficient (Wildman–Crippen LogP) is 1.99. The summed E-state index contributed by atoms with van der Waals surface area (Å²) in [5.41, 5.74) is 1.16. The fourth-order valence-electron chi connectivity index (χ4n) is 2.31. The van der Waals surface area contributed by atoms with E-state index in [1.54, 1.807) is 0 Å². The van der Waals surface area contributed by atoms with Gasteiger partial charge in [-0.1, -0.05) is 30.3 Å². The number of rotatable bonds is 5. The maximum Gasteiger partial charge on any atom is 0.269 e. The van der Waals surface area contributed by atoms with Gasteiger partial charge in [0.05, 0.1) is 6.20 Å². The van der Waals surface area contributed by atoms with Crippen molar-refractivity contribution in [2.75, 3.05) is 6.54 Å². The van der Waals surface area contributed by atoms with E-state index in [9.17, 15) is 9.18 Å². The van der Waals surface area contributed by atoms with Gasteiger partial charge in [0.25, 0.3) is 5.91 Å². The summed E-state index contributed by atoms with van der Waals surface area (Å²) in [6.45, 7) is 0.388. The zero-order valence-electron chi connectivity index (χ0n) is 13.1. The highest BCUT2D eigenvalue weighted by Gasteiger charge is 2.11. The van der Waals surface area contributed by atoms with Crippen molar-refractivity contribution < 1.29 is 9.18 Å². The van der Waals surface area contributed by atoms with Crippen LogP contribution < -0.4 is 5.32 Å². The van der Waals surface area contributed by atoms with Gasteiger partial charge in [0.15, 0.2) is 5.82 Å². The van der Waals surface area contributed by atoms with E-state index in [-0.39, 0.29) is 11.6 Å². The molecule has 2 aromatic heterocycles. The predicted molar refractivity (Wildman–Crippen MR) is 86.7 cm³/mol. The molecule has 6 nitrogen and oxygen atoms in total. The molecule has 0 aliphatic rings. The quantitative estimate of drug-likeness (QED) is 0.778. The minimum absolute atomic E-state index is 0.180. The van der Waals surface area contributed by atoms with Gasteiger partial charge in [0.2, 0.25) is 0 Å². The number of hydrogen-bond acceptors (Lipinski definition) is 4. The lowest BCUT2D eigenvalue weighted by atomic mass is 10.2. The Bertz CT molecular complexity index is 830. The first-order valence-corrected chi connectivity index (χ1v) is 7.48. The molecule has 3 rings (SSSR count). The van der Waals surface area contributed by atoms with Crippen molar-refractivity contribution in [2.24, 2.45) is 7.05 Å². The monoisotopic (exact) mass is 325 g/mol. The van der Waals surface area contributed by atoms with E-state index in [1.165, 1.54) is 12.1 Å². The molecule has 0 spiro atoms. The molecule has 0 aliphatic heterocycles. The zero-order chi connectivity index (χ0) is 16.9. The first-order valence-electron chi connectivity index (χ1n) is 7.48. The molecule has 0 saturated heterocycles. The average Bonchev–Trinajstić information content (AvgIpc) is 2.97. The van der Waals surface area contributed by atoms with Gasteiger partial charge in [-0.05, 0) is 12.1 Å². The minimum atomic E-state index is -0.473. The molecule has 1 N–H and O–H groups in total. The summed E-state index contributed by atoms with van der Waals surface area (Å²) in [4.78, 5) is 15.7. The molecule has 1 amide bonds. The number of pyridine rings is 1. The number of carbonyl (C=O) groups excluding carboxylic acids is 1. The zero-order valence-corrected chi connectivity index (χ0v) is 13.1. The van der Waals surface area contributed by atoms with Gasteiger partial charge in [-0.25, -0.2) is 9.37 Å². The Kier molecular flexibility index (Phi) is 4.60. The number of aromatic nitrogens is 4. The highest BCUT2D eigenvalue weighted by atomic mass is 19.1. The smallest absolute Gasteiger partial charge is 0.269 e. The van der Waals surface area contributed by atoms with Crippen molar-refractivity contribution in [3.05, 3.63) is 66.0 Å². The van der Waals surface area contributed by atoms with Crippen LogP contribution in [0, 0.1) is 5.82 Å². The van der Waals surface area contributed by atoms with E-state index in [4.69, 9.17) is 0 Å². The molecule has 2 heterocycles. The van der Waals surface area contributed by atoms with Crippen molar-refractivity contribution in [1.82, 2.24) is 25.1 Å². The van der Waals surface area contributed by atoms with Crippen LogP contribution in [0.3, 0.4) is 0 Å². The van der Waals surface area contributed by atoms with Crippen LogP contribution in [0.25, 0.3) is 11.4 Å². The first kappa shape index (κ1) is 15.8. The fourth-order valence-corrected chi connectivity index (χ4v) is 2.31. The van der Waals surface area contributed by atoms with Gasteiger partial charge in [0, 0.05) is 25.6 Å². The third kappa shape index (κ3) is 3.45. The Balaban J connectivity index is 1.60. The molecule has 0 atom stereocenters. The molecule has 122 valence electrons. The number of amides is 1. The lowest BCUT2D eigenvalue weighted by Crippen LogP contribution is -2.27. The first-order chi connectivity index (χ1) is 11.6. The average molecular weight is 325 g/mol. The Hall–Kier alpha value is -3.09. The van der Waals surface area contributed by atoms with Gasteiger partial charge in [-0.3, -0.25) is 4.79 Å². The largest absolute Gasteiger partial charge is 0.350 e. The molecule has 3 aromatic rings. The van der Waals surface area contributed by atoms with Crippen LogP contribution >= 0.6 is 0 Å². The second kappa shape index (κ2) is 6.99. The van der Waals surface area contributed by atoms with Crippen LogP contribution in [0.4, 0.5) is 4.39 Å². The summed E-state index contributed by atoms with van der Waals surface area (Å²) in [6.07, 6.45) is 1.55. The number of halogens is 1. The van der Waals surface area contributed by atoms with Crippen molar-refractivity contribution in [1.29, 1.82) is 0 Å². The van der Waals surface area contributed by atoms with E-state index >= 15 is 0 Å². The van der Waals surface area contributed by atoms with Crippen LogP contribution in [-0.2, 0) is 13.5 Å². The molecule has 0 radical (unpaired) electrons. The standard InChI is InChI=1S/C17H16FN5O/c1-23-15(21-22-16(23)12-5-3-2-4-6-12)9-10-19-17(24)14-8-7-13(18)11-20-14/h2-8,11H,9-10H2,1H3,(H,19,24). The Labute approximate surface area is 138 Å². The molecule has 0 bridgehead atoms. The van der Waals surface area contributed by atoms with Crippen molar-refractivity contribution in [3.8, 4) is 11.4 Å². The molecule has 0 fully saturated rings. The highest BCUT2D eigenvalue weighted by molar-refractivity contribution is 5.92. The number of nitrogens with zero attached hydrogens (tertiary/aromatic N) is 4. The molecule has 7 heteroatoms. The second-order valence-electron chi connectivity index (χ2n) is 5.23.